The Kier molecular flexibility index (Phi) is 6.29. The molecule has 1 aliphatic rings. The van der Waals surface area contributed by atoms with E-state index < -0.39 is 12.2 Å². The van der Waals surface area contributed by atoms with Crippen LogP contribution in [0.5, 0.6) is 0 Å². The minimum absolute atomic E-state index is 0.157. The number of nitrogens with one attached hydrogen (secondary N) is 2. The average molecular weight is 526 g/mol. The Labute approximate surface area is 217 Å². The van der Waals surface area contributed by atoms with Crippen molar-refractivity contribution in [1.29, 1.82) is 0 Å². The van der Waals surface area contributed by atoms with E-state index in [0.717, 1.165) is 11.4 Å². The van der Waals surface area contributed by atoms with Crippen LogP contribution in [0.3, 0.4) is 0 Å². The zero-order chi connectivity index (χ0) is 27.4. The predicted molar refractivity (Wildman–Crippen MR) is 140 cm³/mol. The van der Waals surface area contributed by atoms with Crippen LogP contribution in [-0.2, 0) is 11.8 Å². The molecule has 1 unspecified atom stereocenters. The summed E-state index contributed by atoms with van der Waals surface area (Å²) in [6.45, 7) is 10.3. The molecule has 0 bridgehead atoms. The number of hydrogen-bond donors (Lipinski definition) is 2. The maximum atomic E-state index is 13.4. The van der Waals surface area contributed by atoms with Crippen molar-refractivity contribution in [1.82, 2.24) is 29.6 Å². The molecule has 0 saturated heterocycles. The summed E-state index contributed by atoms with van der Waals surface area (Å²) in [6.07, 6.45) is -0.693. The van der Waals surface area contributed by atoms with Crippen molar-refractivity contribution in [2.75, 3.05) is 11.9 Å². The quantitative estimate of drug-likeness (QED) is 0.374. The van der Waals surface area contributed by atoms with Gasteiger partial charge in [-0.3, -0.25) is 9.78 Å². The molecule has 0 saturated carbocycles. The maximum Gasteiger partial charge on any atom is 0.407 e. The molecular weight excluding hydrogens is 495 g/mol. The summed E-state index contributed by atoms with van der Waals surface area (Å²) in [4.78, 5) is 26.8. The summed E-state index contributed by atoms with van der Waals surface area (Å²) in [5.41, 5.74) is 3.04. The number of anilines is 2. The molecule has 4 aromatic rings. The van der Waals surface area contributed by atoms with E-state index in [1.807, 2.05) is 26.0 Å². The summed E-state index contributed by atoms with van der Waals surface area (Å²) in [5, 5.41) is 6.02. The van der Waals surface area contributed by atoms with E-state index in [1.54, 1.807) is 27.7 Å². The van der Waals surface area contributed by atoms with Crippen molar-refractivity contribution < 1.29 is 13.2 Å². The lowest BCUT2D eigenvalue weighted by Crippen LogP contribution is -2.39. The summed E-state index contributed by atoms with van der Waals surface area (Å²) in [5.74, 6) is 0.235. The van der Waals surface area contributed by atoms with E-state index in [4.69, 9.17) is 0 Å². The Morgan fingerprint density at radius 3 is 2.55 bits per heavy atom. The van der Waals surface area contributed by atoms with Crippen molar-refractivity contribution in [3.63, 3.8) is 0 Å². The van der Waals surface area contributed by atoms with Gasteiger partial charge in [0.05, 0.1) is 5.69 Å². The fraction of sp³-hybridized carbons (Fsp3) is 0.407. The third-order valence-electron chi connectivity index (χ3n) is 6.65. The summed E-state index contributed by atoms with van der Waals surface area (Å²) < 4.78 is 43.7. The van der Waals surface area contributed by atoms with Gasteiger partial charge in [-0.25, -0.2) is 14.3 Å². The van der Waals surface area contributed by atoms with Crippen molar-refractivity contribution >= 4 is 22.7 Å². The van der Waals surface area contributed by atoms with Gasteiger partial charge in [0.15, 0.2) is 5.65 Å². The van der Waals surface area contributed by atoms with Crippen LogP contribution in [0.25, 0.3) is 16.7 Å². The molecule has 11 heteroatoms. The number of benzene rings is 1. The Bertz CT molecular complexity index is 1560. The Hall–Kier alpha value is -3.73. The molecule has 0 amide bonds. The first kappa shape index (κ1) is 25.9. The van der Waals surface area contributed by atoms with Gasteiger partial charge < -0.3 is 10.6 Å². The zero-order valence-corrected chi connectivity index (χ0v) is 21.9. The van der Waals surface area contributed by atoms with Crippen molar-refractivity contribution in [3.8, 4) is 5.69 Å². The third-order valence-corrected chi connectivity index (χ3v) is 6.65. The monoisotopic (exact) mass is 525 g/mol. The molecule has 1 atom stereocenters. The van der Waals surface area contributed by atoms with Crippen molar-refractivity contribution in [2.24, 2.45) is 0 Å². The van der Waals surface area contributed by atoms with Gasteiger partial charge in [-0.2, -0.15) is 18.2 Å². The number of nitrogens with zero attached hydrogens (tertiary/aromatic N) is 5. The topological polar surface area (TPSA) is 89.7 Å². The van der Waals surface area contributed by atoms with Crippen LogP contribution in [0, 0.1) is 0 Å². The molecule has 0 spiro atoms. The number of alkyl halides is 3. The predicted octanol–water partition coefficient (Wildman–Crippen LogP) is 5.35. The van der Waals surface area contributed by atoms with Crippen LogP contribution in [0.1, 0.15) is 63.5 Å². The molecule has 200 valence electrons. The van der Waals surface area contributed by atoms with Crippen LogP contribution in [0.4, 0.5) is 24.8 Å². The highest BCUT2D eigenvalue weighted by molar-refractivity contribution is 5.77. The van der Waals surface area contributed by atoms with Crippen LogP contribution in [0.2, 0.25) is 0 Å². The summed E-state index contributed by atoms with van der Waals surface area (Å²) in [6, 6.07) is 6.71. The van der Waals surface area contributed by atoms with Gasteiger partial charge in [0.1, 0.15) is 11.4 Å². The molecule has 0 radical (unpaired) electrons. The highest BCUT2D eigenvalue weighted by Crippen LogP contribution is 2.37. The number of pyridine rings is 1. The molecular formula is C27H30F3N7O. The molecule has 1 aromatic carbocycles. The Morgan fingerprint density at radius 2 is 1.87 bits per heavy atom. The minimum Gasteiger partial charge on any atom is -0.324 e. The second-order valence-corrected chi connectivity index (χ2v) is 10.9. The first-order valence-corrected chi connectivity index (χ1v) is 12.5. The van der Waals surface area contributed by atoms with E-state index in [-0.39, 0.29) is 35.1 Å². The number of hydrogen-bond acceptors (Lipinski definition) is 6. The molecule has 0 aliphatic carbocycles. The SMILES string of the molecule is CC(C)n1c(=O)c2cnc(Nc3ccc4c(c3)CCNC4C(F)(F)F)nc2n1-c1ccnc(C(C)(C)C)c1. The number of rotatable bonds is 4. The minimum atomic E-state index is -4.37. The highest BCUT2D eigenvalue weighted by Gasteiger charge is 2.42. The average Bonchev–Trinajstić information content (AvgIpc) is 3.14. The number of aromatic nitrogens is 5. The van der Waals surface area contributed by atoms with Gasteiger partial charge >= 0.3 is 6.18 Å². The van der Waals surface area contributed by atoms with Crippen molar-refractivity contribution in [3.05, 3.63) is 69.9 Å². The second kappa shape index (κ2) is 9.23. The zero-order valence-electron chi connectivity index (χ0n) is 21.9. The lowest BCUT2D eigenvalue weighted by atomic mass is 9.91. The standard InChI is InChI=1S/C27H30F3N7O/c1-15(2)36-24(38)20-14-33-25(35-23(20)37(36)18-9-11-31-21(13-18)26(3,4)5)34-17-6-7-19-16(12-17)8-10-32-22(19)27(28,29)30/h6-7,9,11-15,22,32H,8,10H2,1-5H3,(H,33,34,35). The lowest BCUT2D eigenvalue weighted by Gasteiger charge is -2.29. The van der Waals surface area contributed by atoms with Gasteiger partial charge in [0, 0.05) is 41.8 Å². The van der Waals surface area contributed by atoms with E-state index in [2.05, 4.69) is 46.4 Å². The van der Waals surface area contributed by atoms with Gasteiger partial charge in [0.2, 0.25) is 5.95 Å². The van der Waals surface area contributed by atoms with Crippen LogP contribution in [-0.4, -0.2) is 37.0 Å². The molecule has 38 heavy (non-hydrogen) atoms. The lowest BCUT2D eigenvalue weighted by molar-refractivity contribution is -0.158. The number of fused-ring (bicyclic) bond motifs is 2. The maximum absolute atomic E-state index is 13.4. The molecule has 3 aromatic heterocycles. The molecule has 4 heterocycles. The van der Waals surface area contributed by atoms with Gasteiger partial charge in [-0.1, -0.05) is 26.8 Å². The molecule has 5 rings (SSSR count). The fourth-order valence-electron chi connectivity index (χ4n) is 4.80. The van der Waals surface area contributed by atoms with Crippen LogP contribution >= 0.6 is 0 Å². The summed E-state index contributed by atoms with van der Waals surface area (Å²) in [7, 11) is 0. The van der Waals surface area contributed by atoms with Gasteiger partial charge in [0.25, 0.3) is 5.56 Å². The van der Waals surface area contributed by atoms with E-state index in [1.165, 1.54) is 12.3 Å². The normalized spacial score (nSPS) is 16.2. The first-order valence-electron chi connectivity index (χ1n) is 12.5. The number of halogens is 3. The van der Waals surface area contributed by atoms with E-state index in [0.29, 0.717) is 28.7 Å². The molecule has 0 fully saturated rings. The first-order chi connectivity index (χ1) is 17.8. The molecule has 1 aliphatic heterocycles. The highest BCUT2D eigenvalue weighted by atomic mass is 19.4. The third kappa shape index (κ3) is 4.66. The van der Waals surface area contributed by atoms with Crippen molar-refractivity contribution in [2.45, 2.75) is 64.7 Å². The van der Waals surface area contributed by atoms with Gasteiger partial charge in [-0.05, 0) is 55.7 Å². The smallest absolute Gasteiger partial charge is 0.324 e. The van der Waals surface area contributed by atoms with Crippen LogP contribution in [0.15, 0.2) is 47.5 Å². The summed E-state index contributed by atoms with van der Waals surface area (Å²) >= 11 is 0. The van der Waals surface area contributed by atoms with Gasteiger partial charge in [-0.15, -0.1) is 0 Å². The fourth-order valence-corrected chi connectivity index (χ4v) is 4.80. The Balaban J connectivity index is 1.58. The largest absolute Gasteiger partial charge is 0.407 e. The second-order valence-electron chi connectivity index (χ2n) is 10.9. The Morgan fingerprint density at radius 1 is 1.11 bits per heavy atom. The van der Waals surface area contributed by atoms with E-state index >= 15 is 0 Å². The van der Waals surface area contributed by atoms with E-state index in [9.17, 15) is 18.0 Å². The molecule has 2 N–H and O–H groups in total. The van der Waals surface area contributed by atoms with Crippen LogP contribution < -0.4 is 16.2 Å². The molecule has 8 nitrogen and oxygen atoms in total.